The summed E-state index contributed by atoms with van der Waals surface area (Å²) in [5.74, 6) is 0.0895. The van der Waals surface area contributed by atoms with Gasteiger partial charge in [-0.3, -0.25) is 9.69 Å². The number of nitrogens with one attached hydrogen (secondary N) is 1. The molecular weight excluding hydrogens is 234 g/mol. The van der Waals surface area contributed by atoms with Gasteiger partial charge < -0.3 is 11.1 Å². The second-order valence-corrected chi connectivity index (χ2v) is 5.42. The van der Waals surface area contributed by atoms with Crippen molar-refractivity contribution in [2.75, 3.05) is 18.6 Å². The molecule has 1 aromatic rings. The summed E-state index contributed by atoms with van der Waals surface area (Å²) in [5.41, 5.74) is 7.77. The number of fused-ring (bicyclic) bond motifs is 1. The molecule has 1 aliphatic rings. The SMILES string of the molecule is CNCc1ccc2c(c1)N(CN)C(=O)C(C)S2. The summed E-state index contributed by atoms with van der Waals surface area (Å²) in [6.07, 6.45) is 0. The van der Waals surface area contributed by atoms with E-state index in [4.69, 9.17) is 5.73 Å². The molecule has 3 N–H and O–H groups in total. The van der Waals surface area contributed by atoms with Crippen LogP contribution in [-0.4, -0.2) is 24.9 Å². The predicted molar refractivity (Wildman–Crippen MR) is 71.1 cm³/mol. The Morgan fingerprint density at radius 3 is 2.94 bits per heavy atom. The lowest BCUT2D eigenvalue weighted by Crippen LogP contribution is -2.43. The van der Waals surface area contributed by atoms with Crippen LogP contribution in [0.2, 0.25) is 0 Å². The van der Waals surface area contributed by atoms with Crippen molar-refractivity contribution in [3.05, 3.63) is 23.8 Å². The second-order valence-electron chi connectivity index (χ2n) is 4.04. The maximum Gasteiger partial charge on any atom is 0.241 e. The van der Waals surface area contributed by atoms with E-state index in [0.29, 0.717) is 0 Å². The highest BCUT2D eigenvalue weighted by Crippen LogP contribution is 2.39. The van der Waals surface area contributed by atoms with Crippen LogP contribution in [0.1, 0.15) is 12.5 Å². The van der Waals surface area contributed by atoms with Gasteiger partial charge in [-0.2, -0.15) is 0 Å². The zero-order chi connectivity index (χ0) is 12.4. The largest absolute Gasteiger partial charge is 0.316 e. The van der Waals surface area contributed by atoms with Gasteiger partial charge in [-0.15, -0.1) is 11.8 Å². The lowest BCUT2D eigenvalue weighted by atomic mass is 10.1. The molecule has 0 fully saturated rings. The quantitative estimate of drug-likeness (QED) is 0.846. The molecule has 0 spiro atoms. The summed E-state index contributed by atoms with van der Waals surface area (Å²) in [7, 11) is 1.90. The van der Waals surface area contributed by atoms with Gasteiger partial charge in [-0.1, -0.05) is 6.07 Å². The normalized spacial score (nSPS) is 19.4. The number of carbonyl (C=O) groups is 1. The van der Waals surface area contributed by atoms with E-state index < -0.39 is 0 Å². The molecule has 92 valence electrons. The van der Waals surface area contributed by atoms with Crippen molar-refractivity contribution < 1.29 is 4.79 Å². The fraction of sp³-hybridized carbons (Fsp3) is 0.417. The second kappa shape index (κ2) is 5.08. The van der Waals surface area contributed by atoms with E-state index in [1.807, 2.05) is 20.0 Å². The van der Waals surface area contributed by atoms with E-state index in [9.17, 15) is 4.79 Å². The molecule has 1 atom stereocenters. The van der Waals surface area contributed by atoms with E-state index in [0.717, 1.165) is 22.7 Å². The minimum absolute atomic E-state index is 0.0544. The highest BCUT2D eigenvalue weighted by atomic mass is 32.2. The first-order chi connectivity index (χ1) is 8.17. The minimum Gasteiger partial charge on any atom is -0.316 e. The maximum atomic E-state index is 12.0. The van der Waals surface area contributed by atoms with Crippen LogP contribution < -0.4 is 16.0 Å². The first kappa shape index (κ1) is 12.4. The number of hydrogen-bond acceptors (Lipinski definition) is 4. The smallest absolute Gasteiger partial charge is 0.241 e. The van der Waals surface area contributed by atoms with E-state index in [2.05, 4.69) is 17.4 Å². The lowest BCUT2D eigenvalue weighted by molar-refractivity contribution is -0.118. The molecular formula is C12H17N3OS. The van der Waals surface area contributed by atoms with Crippen molar-refractivity contribution in [2.24, 2.45) is 5.73 Å². The Balaban J connectivity index is 2.41. The van der Waals surface area contributed by atoms with Crippen molar-refractivity contribution >= 4 is 23.4 Å². The number of hydrogen-bond donors (Lipinski definition) is 2. The van der Waals surface area contributed by atoms with E-state index in [1.54, 1.807) is 16.7 Å². The summed E-state index contributed by atoms with van der Waals surface area (Å²) in [4.78, 5) is 14.8. The molecule has 0 radical (unpaired) electrons. The molecule has 2 rings (SSSR count). The molecule has 0 saturated heterocycles. The number of nitrogens with two attached hydrogens (primary N) is 1. The van der Waals surface area contributed by atoms with Crippen LogP contribution >= 0.6 is 11.8 Å². The van der Waals surface area contributed by atoms with Gasteiger partial charge in [0.15, 0.2) is 0 Å². The first-order valence-electron chi connectivity index (χ1n) is 5.63. The zero-order valence-corrected chi connectivity index (χ0v) is 10.9. The van der Waals surface area contributed by atoms with Gasteiger partial charge in [-0.25, -0.2) is 0 Å². The lowest BCUT2D eigenvalue weighted by Gasteiger charge is -2.31. The third kappa shape index (κ3) is 2.31. The molecule has 1 unspecified atom stereocenters. The average Bonchev–Trinajstić information content (AvgIpc) is 2.32. The number of carbonyl (C=O) groups excluding carboxylic acids is 1. The van der Waals surface area contributed by atoms with Crippen LogP contribution in [0, 0.1) is 0 Å². The van der Waals surface area contributed by atoms with Gasteiger partial charge in [0, 0.05) is 11.4 Å². The molecule has 1 aliphatic heterocycles. The Labute approximate surface area is 106 Å². The van der Waals surface area contributed by atoms with Crippen molar-refractivity contribution in [3.63, 3.8) is 0 Å². The van der Waals surface area contributed by atoms with E-state index in [-0.39, 0.29) is 17.8 Å². The predicted octanol–water partition coefficient (Wildman–Crippen LogP) is 1.15. The summed E-state index contributed by atoms with van der Waals surface area (Å²) in [6.45, 7) is 2.94. The van der Waals surface area contributed by atoms with Crippen LogP contribution in [0.5, 0.6) is 0 Å². The van der Waals surface area contributed by atoms with Crippen molar-refractivity contribution in [2.45, 2.75) is 23.6 Å². The van der Waals surface area contributed by atoms with Gasteiger partial charge in [-0.05, 0) is 31.7 Å². The molecule has 4 nitrogen and oxygen atoms in total. The van der Waals surface area contributed by atoms with Gasteiger partial charge in [0.25, 0.3) is 0 Å². The number of rotatable bonds is 3. The number of thioether (sulfide) groups is 1. The third-order valence-electron chi connectivity index (χ3n) is 2.80. The number of anilines is 1. The van der Waals surface area contributed by atoms with Crippen LogP contribution in [0.25, 0.3) is 0 Å². The molecule has 1 heterocycles. The summed E-state index contributed by atoms with van der Waals surface area (Å²) in [6, 6.07) is 6.19. The number of benzene rings is 1. The molecule has 0 aliphatic carbocycles. The average molecular weight is 251 g/mol. The summed E-state index contributed by atoms with van der Waals surface area (Å²) >= 11 is 1.60. The van der Waals surface area contributed by atoms with Gasteiger partial charge in [0.2, 0.25) is 5.91 Å². The molecule has 0 saturated carbocycles. The van der Waals surface area contributed by atoms with Crippen molar-refractivity contribution in [1.82, 2.24) is 5.32 Å². The third-order valence-corrected chi connectivity index (χ3v) is 3.95. The number of nitrogens with zero attached hydrogens (tertiary/aromatic N) is 1. The summed E-state index contributed by atoms with van der Waals surface area (Å²) < 4.78 is 0. The Bertz CT molecular complexity index is 436. The highest BCUT2D eigenvalue weighted by Gasteiger charge is 2.29. The van der Waals surface area contributed by atoms with Crippen LogP contribution in [0.15, 0.2) is 23.1 Å². The fourth-order valence-corrected chi connectivity index (χ4v) is 3.00. The molecule has 0 aromatic heterocycles. The Morgan fingerprint density at radius 2 is 2.29 bits per heavy atom. The Kier molecular flexibility index (Phi) is 3.71. The van der Waals surface area contributed by atoms with Gasteiger partial charge >= 0.3 is 0 Å². The van der Waals surface area contributed by atoms with Gasteiger partial charge in [0.1, 0.15) is 0 Å². The Hall–Kier alpha value is -1.04. The van der Waals surface area contributed by atoms with Gasteiger partial charge in [0.05, 0.1) is 17.6 Å². The summed E-state index contributed by atoms with van der Waals surface area (Å²) in [5, 5.41) is 3.05. The Morgan fingerprint density at radius 1 is 1.53 bits per heavy atom. The van der Waals surface area contributed by atoms with Crippen molar-refractivity contribution in [3.8, 4) is 0 Å². The van der Waals surface area contributed by atoms with Crippen LogP contribution in [0.4, 0.5) is 5.69 Å². The van der Waals surface area contributed by atoms with Crippen molar-refractivity contribution in [1.29, 1.82) is 0 Å². The zero-order valence-electron chi connectivity index (χ0n) is 10.1. The first-order valence-corrected chi connectivity index (χ1v) is 6.51. The monoisotopic (exact) mass is 251 g/mol. The number of amides is 1. The standard InChI is InChI=1S/C12H17N3OS/c1-8-12(16)15(7-13)10-5-9(6-14-2)3-4-11(10)17-8/h3-5,8,14H,6-7,13H2,1-2H3. The maximum absolute atomic E-state index is 12.0. The highest BCUT2D eigenvalue weighted by molar-refractivity contribution is 8.00. The molecule has 1 aromatic carbocycles. The fourth-order valence-electron chi connectivity index (χ4n) is 1.95. The van der Waals surface area contributed by atoms with Crippen LogP contribution in [0.3, 0.4) is 0 Å². The molecule has 5 heteroatoms. The molecule has 17 heavy (non-hydrogen) atoms. The molecule has 1 amide bonds. The minimum atomic E-state index is -0.0544. The van der Waals surface area contributed by atoms with Crippen LogP contribution in [-0.2, 0) is 11.3 Å². The topological polar surface area (TPSA) is 58.4 Å². The molecule has 0 bridgehead atoms. The van der Waals surface area contributed by atoms with E-state index in [1.165, 1.54) is 0 Å². The van der Waals surface area contributed by atoms with E-state index >= 15 is 0 Å².